The predicted octanol–water partition coefficient (Wildman–Crippen LogP) is -18.5. The van der Waals surface area contributed by atoms with Gasteiger partial charge in [0.05, 0.1) is 57.8 Å². The fourth-order valence-corrected chi connectivity index (χ4v) is 18.0. The molecule has 0 radical (unpaired) electrons. The van der Waals surface area contributed by atoms with Gasteiger partial charge >= 0.3 is 236 Å². The van der Waals surface area contributed by atoms with Crippen molar-refractivity contribution >= 4 is 204 Å². The summed E-state index contributed by atoms with van der Waals surface area (Å²) in [5.41, 5.74) is -6.82. The van der Waals surface area contributed by atoms with Crippen molar-refractivity contribution in [2.45, 2.75) is 52.3 Å². The Bertz CT molecular complexity index is 7510. The Labute approximate surface area is 877 Å². The average Bonchev–Trinajstić information content (AvgIpc) is 0.802. The van der Waals surface area contributed by atoms with Gasteiger partial charge in [-0.3, -0.25) is 19.1 Å². The molecule has 60 heteroatoms. The second-order valence-electron chi connectivity index (χ2n) is 23.7. The van der Waals surface area contributed by atoms with Crippen molar-refractivity contribution in [1.29, 1.82) is 0 Å². The number of nitrogens with zero attached hydrogens (tertiary/aromatic N) is 11. The van der Waals surface area contributed by atoms with Crippen LogP contribution in [0.5, 0.6) is 11.5 Å². The van der Waals surface area contributed by atoms with Gasteiger partial charge in [0, 0.05) is 63.8 Å². The third-order valence-electron chi connectivity index (χ3n) is 16.2. The largest absolute Gasteiger partial charge is 1.00 e. The third-order valence-corrected chi connectivity index (χ3v) is 23.7. The summed E-state index contributed by atoms with van der Waals surface area (Å²) in [6, 6.07) is 23.6. The number of aromatic amines is 3. The van der Waals surface area contributed by atoms with Gasteiger partial charge in [0.2, 0.25) is 33.4 Å². The minimum atomic E-state index is -6.01. The summed E-state index contributed by atoms with van der Waals surface area (Å²) in [5, 5.41) is 41.3. The molecule has 2 heterocycles. The second-order valence-corrected chi connectivity index (χ2v) is 35.2. The molecule has 0 amide bonds. The molecule has 0 aliphatic carbocycles. The summed E-state index contributed by atoms with van der Waals surface area (Å²) in [6.07, 6.45) is 0. The number of benzene rings is 10. The van der Waals surface area contributed by atoms with Crippen LogP contribution in [0.2, 0.25) is 10.6 Å². The number of fused-ring (bicyclic) bond motifs is 4. The summed E-state index contributed by atoms with van der Waals surface area (Å²) < 4.78 is 303. The zero-order valence-electron chi connectivity index (χ0n) is 64.3. The zero-order valence-corrected chi connectivity index (χ0v) is 88.4. The SMILES string of the molecule is CNCc1ccc(Nc2cc(N=Nc3c(S(=O)(=O)[O-])cc4c(S(=O)(=O)O)c(N=c5nc(Cl)nc(N(C)Cc6cccc(N=c7nc(Cl)[nH]c(=Nc8ccc9c([O-])c(N=Nc%10ccc%11c(S(=O)(=O)[O-])cccc%11c%10S(=O)(=O)[O-])c(S(=O)(=O)[O-])cc9c8S(=O)(=O)O)[nH]7)c6)[nH]5)ccc4c3[O-])c(S(=O)(=O)[O-])c3cccc(S(=O)(=O)[O-])c23)cc1.[Na+].[Na+].[Na+].[Na+].[Na+].[Na+].[Na+].[Na+]. The molecule has 0 unspecified atom stereocenters. The molecule has 12 rings (SSSR count). The number of hydrogen-bond acceptors (Lipinski definition) is 37. The van der Waals surface area contributed by atoms with Crippen LogP contribution in [0.3, 0.4) is 0 Å². The van der Waals surface area contributed by atoms with Gasteiger partial charge in [0.15, 0.2) is 0 Å². The second kappa shape index (κ2) is 43.3. The molecule has 12 aromatic rings. The van der Waals surface area contributed by atoms with Crippen molar-refractivity contribution in [3.63, 3.8) is 0 Å². The van der Waals surface area contributed by atoms with E-state index in [-0.39, 0.29) is 266 Å². The van der Waals surface area contributed by atoms with E-state index in [1.54, 1.807) is 25.2 Å². The maximum Gasteiger partial charge on any atom is 1.00 e. The van der Waals surface area contributed by atoms with Crippen molar-refractivity contribution in [2.75, 3.05) is 24.3 Å². The maximum absolute atomic E-state index is 14.4. The first kappa shape index (κ1) is 111. The van der Waals surface area contributed by atoms with Gasteiger partial charge in [-0.1, -0.05) is 78.2 Å². The van der Waals surface area contributed by atoms with Gasteiger partial charge in [-0.05, 0) is 125 Å². The van der Waals surface area contributed by atoms with E-state index in [1.807, 2.05) is 0 Å². The summed E-state index contributed by atoms with van der Waals surface area (Å²) >= 11 is 12.6. The van der Waals surface area contributed by atoms with Crippen LogP contribution in [0.4, 0.5) is 57.1 Å². The van der Waals surface area contributed by atoms with Gasteiger partial charge in [-0.25, -0.2) is 65.5 Å². The number of H-pyrrole nitrogens is 3. The van der Waals surface area contributed by atoms with Gasteiger partial charge in [0.1, 0.15) is 81.9 Å². The minimum absolute atomic E-state index is 0. The molecule has 594 valence electrons. The number of hydrogen-bond donors (Lipinski definition) is 7. The van der Waals surface area contributed by atoms with Crippen LogP contribution in [0, 0.1) is 0 Å². The van der Waals surface area contributed by atoms with Crippen molar-refractivity contribution in [1.82, 2.24) is 35.2 Å². The molecule has 0 fully saturated rings. The molecule has 0 bridgehead atoms. The molecule has 0 saturated heterocycles. The Kier molecular flexibility index (Phi) is 39.5. The molecule has 122 heavy (non-hydrogen) atoms. The van der Waals surface area contributed by atoms with E-state index in [0.29, 0.717) is 30.3 Å². The topological polar surface area (TPSA) is 698 Å². The zero-order chi connectivity index (χ0) is 83.1. The quantitative estimate of drug-likeness (QED) is 0.0188. The average molecular weight is 1940 g/mol. The van der Waals surface area contributed by atoms with Crippen molar-refractivity contribution in [3.05, 3.63) is 178 Å². The van der Waals surface area contributed by atoms with E-state index in [1.165, 1.54) is 42.3 Å². The van der Waals surface area contributed by atoms with E-state index in [4.69, 9.17) is 23.2 Å². The molecule has 10 aromatic carbocycles. The molecular weight excluding hydrogens is 1900 g/mol. The Morgan fingerprint density at radius 1 is 0.426 bits per heavy atom. The fourth-order valence-electron chi connectivity index (χ4n) is 11.7. The summed E-state index contributed by atoms with van der Waals surface area (Å²) in [6.45, 7) is 0.266. The normalized spacial score (nSPS) is 12.7. The summed E-state index contributed by atoms with van der Waals surface area (Å²) in [7, 11) is -42.4. The Morgan fingerprint density at radius 2 is 0.893 bits per heavy atom. The molecule has 7 N–H and O–H groups in total. The van der Waals surface area contributed by atoms with E-state index >= 15 is 0 Å². The summed E-state index contributed by atoms with van der Waals surface area (Å²) in [5.74, 6) is -3.38. The first-order chi connectivity index (χ1) is 53.1. The molecular formula is C62H40Cl2N16Na8O26S8. The Morgan fingerprint density at radius 3 is 1.40 bits per heavy atom. The van der Waals surface area contributed by atoms with Crippen LogP contribution in [-0.2, 0) is 94.0 Å². The van der Waals surface area contributed by atoms with E-state index in [0.717, 1.165) is 78.4 Å². The van der Waals surface area contributed by atoms with Crippen LogP contribution in [0.15, 0.2) is 214 Å². The van der Waals surface area contributed by atoms with Crippen LogP contribution >= 0.6 is 23.2 Å². The van der Waals surface area contributed by atoms with Gasteiger partial charge in [0.25, 0.3) is 20.2 Å². The van der Waals surface area contributed by atoms with E-state index < -0.39 is 236 Å². The third kappa shape index (κ3) is 25.3. The van der Waals surface area contributed by atoms with Crippen LogP contribution in [0.25, 0.3) is 43.1 Å². The van der Waals surface area contributed by atoms with Crippen molar-refractivity contribution in [2.24, 2.45) is 35.4 Å². The molecule has 0 saturated carbocycles. The molecule has 0 aliphatic heterocycles. The summed E-state index contributed by atoms with van der Waals surface area (Å²) in [4.78, 5) is 23.4. The smallest absolute Gasteiger partial charge is 0.871 e. The van der Waals surface area contributed by atoms with Gasteiger partial charge < -0.3 is 58.0 Å². The molecule has 0 aliphatic rings. The number of halogens is 2. The molecule has 0 spiro atoms. The number of azo groups is 2. The Balaban J connectivity index is 0.00000391. The number of anilines is 3. The Hall–Kier alpha value is -3.12. The number of nitrogens with one attached hydrogen (secondary N) is 5. The van der Waals surface area contributed by atoms with Crippen molar-refractivity contribution in [3.8, 4) is 11.5 Å². The van der Waals surface area contributed by atoms with Crippen molar-refractivity contribution < 1.29 is 350 Å². The molecule has 2 aromatic heterocycles. The monoisotopic (exact) mass is 1930 g/mol. The van der Waals surface area contributed by atoms with Gasteiger partial charge in [-0.2, -0.15) is 31.8 Å². The first-order valence-corrected chi connectivity index (χ1v) is 42.9. The van der Waals surface area contributed by atoms with Crippen LogP contribution < -0.4 is 279 Å². The number of rotatable bonds is 22. The minimum Gasteiger partial charge on any atom is -0.871 e. The predicted molar refractivity (Wildman–Crippen MR) is 386 cm³/mol. The van der Waals surface area contributed by atoms with Crippen LogP contribution in [-0.4, -0.2) is 148 Å². The van der Waals surface area contributed by atoms with Gasteiger partial charge in [-0.15, -0.1) is 20.5 Å². The maximum atomic E-state index is 14.4. The number of aromatic nitrogens is 6. The molecule has 0 atom stereocenters. The standard InChI is InChI=1S/C62H48Cl2N16O26S8.8Na/c1-65-26-28-12-14-30(15-13-28)66-42-25-43(54(112(98,99)100)36-9-5-11-45(48(36)42)108(86,87)88)77-79-50-47(110(92,93)94)24-38-34(52(50)82)18-20-40(56(38)114(104,105)106)69-61-72-58(64)73-62(75-61)80(2)27-29-6-3-7-31(22-29)67-59-70-57(63)71-60(74-59)68-39-19-17-33-37(55(39)113(101,102)103)23-46(109(89,90)91)49(51(33)81)78-76-41-21-16-32-35(53(41)111(95,96)97)8-4-10-44(32)107(83,84)85;;;;;;;;/h3-25,65-66,81-82H,26-27H2,1-2H3,(H,83,84,85)(H,86,87,88)(H,89,90,91)(H,92,93,94)(H,95,96,97)(H,98,99,100)(H,101,102,103)(H,104,105,106)(H,69,72,73,75)(H2,67,68,70,71,74);;;;;;;;/q;8*+1/p-8. The van der Waals surface area contributed by atoms with E-state index in [9.17, 15) is 114 Å². The molecule has 42 nitrogen and oxygen atoms in total. The first-order valence-electron chi connectivity index (χ1n) is 30.8. The fraction of sp³-hybridized carbons (Fsp3) is 0.0645. The van der Waals surface area contributed by atoms with E-state index in [2.05, 4.69) is 76.0 Å². The van der Waals surface area contributed by atoms with Crippen LogP contribution in [0.1, 0.15) is 11.1 Å².